The third-order valence-corrected chi connectivity index (χ3v) is 7.32. The second-order valence-electron chi connectivity index (χ2n) is 8.40. The average molecular weight is 529 g/mol. The molecule has 3 N–H and O–H groups in total. The molecule has 1 aromatic heterocycles. The molecule has 0 spiro atoms. The van der Waals surface area contributed by atoms with Gasteiger partial charge in [0.05, 0.1) is 15.9 Å². The number of carbonyl (C=O) groups is 1. The maximum atomic E-state index is 12.4. The topological polar surface area (TPSA) is 124 Å². The number of H-pyrrole nitrogens is 1. The molecule has 36 heavy (non-hydrogen) atoms. The van der Waals surface area contributed by atoms with Gasteiger partial charge in [0.1, 0.15) is 0 Å². The zero-order valence-electron chi connectivity index (χ0n) is 19.5. The van der Waals surface area contributed by atoms with Crippen molar-refractivity contribution in [2.75, 3.05) is 26.2 Å². The largest absolute Gasteiger partial charge is 0.490 e. The summed E-state index contributed by atoms with van der Waals surface area (Å²) in [7, 11) is -3.48. The van der Waals surface area contributed by atoms with Gasteiger partial charge in [0.2, 0.25) is 10.0 Å². The fourth-order valence-electron chi connectivity index (χ4n) is 3.98. The van der Waals surface area contributed by atoms with Gasteiger partial charge in [-0.2, -0.15) is 13.2 Å². The maximum absolute atomic E-state index is 12.4. The summed E-state index contributed by atoms with van der Waals surface area (Å²) in [5, 5.41) is 7.12. The summed E-state index contributed by atoms with van der Waals surface area (Å²) in [4.78, 5) is 26.7. The molecule has 0 amide bonds. The van der Waals surface area contributed by atoms with Crippen LogP contribution >= 0.6 is 0 Å². The Bertz CT molecular complexity index is 1340. The van der Waals surface area contributed by atoms with Crippen molar-refractivity contribution in [3.8, 4) is 0 Å². The van der Waals surface area contributed by atoms with Crippen LogP contribution in [0, 0.1) is 6.92 Å². The van der Waals surface area contributed by atoms with Gasteiger partial charge in [-0.25, -0.2) is 22.7 Å². The van der Waals surface area contributed by atoms with Gasteiger partial charge in [-0.15, -0.1) is 0 Å². The number of alkyl halides is 3. The number of likely N-dealkylation sites (tertiary alicyclic amines) is 1. The SMILES string of the molecule is Cc1ccc(S(=O)(=O)NCCN2CCC(n3c(=O)[nH]c4ccccc43)CC2)cc1.O=C(O)C(F)(F)F. The van der Waals surface area contributed by atoms with E-state index in [1.165, 1.54) is 0 Å². The van der Waals surface area contributed by atoms with Gasteiger partial charge in [-0.3, -0.25) is 4.57 Å². The molecule has 13 heteroatoms. The van der Waals surface area contributed by atoms with Crippen molar-refractivity contribution in [1.29, 1.82) is 0 Å². The highest BCUT2D eigenvalue weighted by atomic mass is 32.2. The molecule has 0 saturated carbocycles. The lowest BCUT2D eigenvalue weighted by Gasteiger charge is -2.32. The molecular formula is C23H27F3N4O5S. The van der Waals surface area contributed by atoms with E-state index in [0.29, 0.717) is 18.0 Å². The Morgan fingerprint density at radius 1 is 1.11 bits per heavy atom. The second-order valence-corrected chi connectivity index (χ2v) is 10.2. The monoisotopic (exact) mass is 528 g/mol. The normalized spacial score (nSPS) is 15.4. The first-order valence-electron chi connectivity index (χ1n) is 11.2. The molecule has 196 valence electrons. The van der Waals surface area contributed by atoms with Gasteiger partial charge in [-0.05, 0) is 44.0 Å². The molecule has 0 atom stereocenters. The van der Waals surface area contributed by atoms with E-state index in [1.807, 2.05) is 35.8 Å². The van der Waals surface area contributed by atoms with E-state index in [4.69, 9.17) is 9.90 Å². The number of nitrogens with one attached hydrogen (secondary N) is 2. The number of carboxylic acids is 1. The van der Waals surface area contributed by atoms with Crippen LogP contribution in [-0.2, 0) is 14.8 Å². The van der Waals surface area contributed by atoms with Crippen molar-refractivity contribution in [2.45, 2.75) is 36.9 Å². The van der Waals surface area contributed by atoms with Gasteiger partial charge in [-0.1, -0.05) is 29.8 Å². The fourth-order valence-corrected chi connectivity index (χ4v) is 5.00. The number of hydrogen-bond acceptors (Lipinski definition) is 5. The maximum Gasteiger partial charge on any atom is 0.490 e. The molecular weight excluding hydrogens is 501 g/mol. The molecule has 0 unspecified atom stereocenters. The Kier molecular flexibility index (Phi) is 8.59. The number of piperidine rings is 1. The first-order chi connectivity index (χ1) is 16.9. The van der Waals surface area contributed by atoms with Gasteiger partial charge < -0.3 is 15.0 Å². The van der Waals surface area contributed by atoms with Crippen LogP contribution in [-0.4, -0.2) is 66.3 Å². The number of aromatic amines is 1. The standard InChI is InChI=1S/C21H26N4O3S.C2HF3O2/c1-16-6-8-18(9-7-16)29(27,28)22-12-15-24-13-10-17(11-14-24)25-20-5-3-2-4-19(20)23-21(25)26;3-2(4,5)1(6)7/h2-9,17,22H,10-15H2,1H3,(H,23,26);(H,6,7). The van der Waals surface area contributed by atoms with E-state index in [2.05, 4.69) is 14.6 Å². The summed E-state index contributed by atoms with van der Waals surface area (Å²) < 4.78 is 61.1. The number of nitrogens with zero attached hydrogens (tertiary/aromatic N) is 2. The second kappa shape index (κ2) is 11.3. The summed E-state index contributed by atoms with van der Waals surface area (Å²) in [6.45, 7) is 4.62. The van der Waals surface area contributed by atoms with Gasteiger partial charge in [0.15, 0.2) is 0 Å². The van der Waals surface area contributed by atoms with E-state index in [1.54, 1.807) is 24.3 Å². The highest BCUT2D eigenvalue weighted by molar-refractivity contribution is 7.89. The summed E-state index contributed by atoms with van der Waals surface area (Å²) in [6, 6.07) is 14.8. The lowest BCUT2D eigenvalue weighted by Crippen LogP contribution is -2.41. The highest BCUT2D eigenvalue weighted by Crippen LogP contribution is 2.24. The Labute approximate surface area is 205 Å². The first-order valence-corrected chi connectivity index (χ1v) is 12.6. The van der Waals surface area contributed by atoms with E-state index < -0.39 is 22.2 Å². The molecule has 1 aliphatic rings. The number of para-hydroxylation sites is 2. The molecule has 1 fully saturated rings. The van der Waals surface area contributed by atoms with Crippen LogP contribution in [0.3, 0.4) is 0 Å². The number of benzene rings is 2. The summed E-state index contributed by atoms with van der Waals surface area (Å²) in [6.07, 6.45) is -3.35. The number of halogens is 3. The molecule has 9 nitrogen and oxygen atoms in total. The van der Waals surface area contributed by atoms with E-state index in [-0.39, 0.29) is 11.7 Å². The zero-order valence-corrected chi connectivity index (χ0v) is 20.3. The number of fused-ring (bicyclic) bond motifs is 1. The molecule has 2 aromatic carbocycles. The summed E-state index contributed by atoms with van der Waals surface area (Å²) in [5.41, 5.74) is 2.78. The number of aromatic nitrogens is 2. The van der Waals surface area contributed by atoms with E-state index in [9.17, 15) is 26.4 Å². The van der Waals surface area contributed by atoms with Crippen LogP contribution in [0.25, 0.3) is 11.0 Å². The molecule has 1 saturated heterocycles. The number of hydrogen-bond donors (Lipinski definition) is 3. The van der Waals surface area contributed by atoms with Crippen molar-refractivity contribution in [1.82, 2.24) is 19.2 Å². The molecule has 0 aliphatic carbocycles. The minimum atomic E-state index is -5.08. The molecule has 0 bridgehead atoms. The predicted octanol–water partition coefficient (Wildman–Crippen LogP) is 2.89. The Hall–Kier alpha value is -3.16. The molecule has 2 heterocycles. The van der Waals surface area contributed by atoms with Crippen LogP contribution in [0.15, 0.2) is 58.2 Å². The van der Waals surface area contributed by atoms with Crippen molar-refractivity contribution < 1.29 is 31.5 Å². The highest BCUT2D eigenvalue weighted by Gasteiger charge is 2.38. The van der Waals surface area contributed by atoms with Crippen molar-refractivity contribution in [3.63, 3.8) is 0 Å². The summed E-state index contributed by atoms with van der Waals surface area (Å²) in [5.74, 6) is -2.76. The Balaban J connectivity index is 0.000000454. The number of aryl methyl sites for hydroxylation is 1. The number of carboxylic acid groups (broad SMARTS) is 1. The van der Waals surface area contributed by atoms with Crippen LogP contribution in [0.5, 0.6) is 0 Å². The van der Waals surface area contributed by atoms with Crippen LogP contribution < -0.4 is 10.4 Å². The predicted molar refractivity (Wildman–Crippen MR) is 127 cm³/mol. The Morgan fingerprint density at radius 3 is 2.28 bits per heavy atom. The van der Waals surface area contributed by atoms with Gasteiger partial charge in [0, 0.05) is 32.2 Å². The van der Waals surface area contributed by atoms with Gasteiger partial charge in [0.25, 0.3) is 0 Å². The quantitative estimate of drug-likeness (QED) is 0.452. The lowest BCUT2D eigenvalue weighted by molar-refractivity contribution is -0.192. The van der Waals surface area contributed by atoms with Crippen molar-refractivity contribution in [2.24, 2.45) is 0 Å². The number of sulfonamides is 1. The minimum Gasteiger partial charge on any atom is -0.475 e. The third kappa shape index (κ3) is 6.95. The van der Waals surface area contributed by atoms with Gasteiger partial charge >= 0.3 is 17.8 Å². The van der Waals surface area contributed by atoms with E-state index in [0.717, 1.165) is 42.5 Å². The smallest absolute Gasteiger partial charge is 0.475 e. The molecule has 3 aromatic rings. The number of aliphatic carboxylic acids is 1. The van der Waals surface area contributed by atoms with Crippen molar-refractivity contribution in [3.05, 3.63) is 64.6 Å². The van der Waals surface area contributed by atoms with Crippen LogP contribution in [0.1, 0.15) is 24.4 Å². The third-order valence-electron chi connectivity index (χ3n) is 5.84. The van der Waals surface area contributed by atoms with Crippen molar-refractivity contribution >= 4 is 27.0 Å². The minimum absolute atomic E-state index is 0.0597. The molecule has 4 rings (SSSR count). The Morgan fingerprint density at radius 2 is 1.69 bits per heavy atom. The number of rotatable bonds is 6. The van der Waals surface area contributed by atoms with Crippen LogP contribution in [0.2, 0.25) is 0 Å². The molecule has 1 aliphatic heterocycles. The van der Waals surface area contributed by atoms with Crippen LogP contribution in [0.4, 0.5) is 13.2 Å². The lowest BCUT2D eigenvalue weighted by atomic mass is 10.0. The zero-order chi connectivity index (χ0) is 26.5. The number of imidazole rings is 1. The average Bonchev–Trinajstić information content (AvgIpc) is 3.15. The fraction of sp³-hybridized carbons (Fsp3) is 0.391. The first kappa shape index (κ1) is 27.4. The van der Waals surface area contributed by atoms with E-state index >= 15 is 0 Å². The molecule has 0 radical (unpaired) electrons. The summed E-state index contributed by atoms with van der Waals surface area (Å²) >= 11 is 0.